The molecule has 2 aromatic rings. The summed E-state index contributed by atoms with van der Waals surface area (Å²) in [5.41, 5.74) is 2.23. The van der Waals surface area contributed by atoms with Crippen LogP contribution >= 0.6 is 0 Å². The van der Waals surface area contributed by atoms with Crippen molar-refractivity contribution in [2.45, 2.75) is 37.9 Å². The van der Waals surface area contributed by atoms with Gasteiger partial charge in [0, 0.05) is 25.3 Å². The molecule has 0 saturated carbocycles. The van der Waals surface area contributed by atoms with Crippen molar-refractivity contribution >= 4 is 27.3 Å². The topological polar surface area (TPSA) is 79.0 Å². The van der Waals surface area contributed by atoms with Crippen molar-refractivity contribution in [1.82, 2.24) is 4.90 Å². The molecule has 2 fully saturated rings. The first kappa shape index (κ1) is 22.8. The summed E-state index contributed by atoms with van der Waals surface area (Å²) in [6, 6.07) is 17.3. The molecule has 172 valence electrons. The molecular formula is C24H31N3O4S. The van der Waals surface area contributed by atoms with E-state index in [4.69, 9.17) is 4.74 Å². The molecule has 1 spiro atoms. The second kappa shape index (κ2) is 9.21. The number of rotatable bonds is 6. The number of piperidine rings is 1. The average Bonchev–Trinajstić information content (AvgIpc) is 2.76. The SMILES string of the molecule is CC1OC2(CCN(CCc3ccccc3NS(C)(=O)=O)CC2)CN(c2ccccc2)C1=O. The van der Waals surface area contributed by atoms with E-state index in [9.17, 15) is 13.2 Å². The largest absolute Gasteiger partial charge is 0.360 e. The maximum absolute atomic E-state index is 12.7. The number of hydrogen-bond donors (Lipinski definition) is 1. The van der Waals surface area contributed by atoms with Crippen molar-refractivity contribution in [2.24, 2.45) is 0 Å². The van der Waals surface area contributed by atoms with E-state index in [1.165, 1.54) is 6.26 Å². The number of ether oxygens (including phenoxy) is 1. The van der Waals surface area contributed by atoms with E-state index in [1.54, 1.807) is 6.07 Å². The molecule has 1 atom stereocenters. The van der Waals surface area contributed by atoms with Gasteiger partial charge in [0.05, 0.1) is 24.1 Å². The van der Waals surface area contributed by atoms with Gasteiger partial charge in [-0.25, -0.2) is 8.42 Å². The van der Waals surface area contributed by atoms with Gasteiger partial charge in [0.15, 0.2) is 0 Å². The van der Waals surface area contributed by atoms with E-state index in [1.807, 2.05) is 60.4 Å². The third kappa shape index (κ3) is 5.31. The number of carbonyl (C=O) groups excluding carboxylic acids is 1. The Labute approximate surface area is 190 Å². The number of hydrogen-bond acceptors (Lipinski definition) is 5. The molecular weight excluding hydrogens is 426 g/mol. The highest BCUT2D eigenvalue weighted by Crippen LogP contribution is 2.35. The number of anilines is 2. The normalized spacial score (nSPS) is 21.6. The van der Waals surface area contributed by atoms with E-state index in [2.05, 4.69) is 9.62 Å². The minimum atomic E-state index is -3.31. The molecule has 4 rings (SSSR count). The zero-order valence-corrected chi connectivity index (χ0v) is 19.5. The third-order valence-corrected chi connectivity index (χ3v) is 6.92. The lowest BCUT2D eigenvalue weighted by atomic mass is 9.88. The summed E-state index contributed by atoms with van der Waals surface area (Å²) in [4.78, 5) is 17.0. The first-order valence-electron chi connectivity index (χ1n) is 11.1. The number of likely N-dealkylation sites (tertiary alicyclic amines) is 1. The Morgan fingerprint density at radius 2 is 1.72 bits per heavy atom. The fraction of sp³-hybridized carbons (Fsp3) is 0.458. The number of carbonyl (C=O) groups is 1. The molecule has 1 unspecified atom stereocenters. The van der Waals surface area contributed by atoms with Gasteiger partial charge in [0.1, 0.15) is 6.10 Å². The van der Waals surface area contributed by atoms with Crippen LogP contribution in [0.1, 0.15) is 25.3 Å². The van der Waals surface area contributed by atoms with Gasteiger partial charge < -0.3 is 14.5 Å². The van der Waals surface area contributed by atoms with Crippen LogP contribution in [-0.4, -0.2) is 63.4 Å². The van der Waals surface area contributed by atoms with Gasteiger partial charge in [0.25, 0.3) is 5.91 Å². The number of morpholine rings is 1. The molecule has 0 radical (unpaired) electrons. The second-order valence-electron chi connectivity index (χ2n) is 8.83. The number of amides is 1. The molecule has 0 bridgehead atoms. The summed E-state index contributed by atoms with van der Waals surface area (Å²) in [5.74, 6) is 0.0132. The molecule has 2 heterocycles. The minimum absolute atomic E-state index is 0.0132. The Morgan fingerprint density at radius 1 is 1.06 bits per heavy atom. The fourth-order valence-corrected chi connectivity index (χ4v) is 5.25. The van der Waals surface area contributed by atoms with E-state index < -0.39 is 16.1 Å². The van der Waals surface area contributed by atoms with Gasteiger partial charge in [0.2, 0.25) is 10.0 Å². The van der Waals surface area contributed by atoms with Crippen LogP contribution in [0.4, 0.5) is 11.4 Å². The average molecular weight is 458 g/mol. The first-order valence-corrected chi connectivity index (χ1v) is 13.0. The Morgan fingerprint density at radius 3 is 2.41 bits per heavy atom. The van der Waals surface area contributed by atoms with Crippen LogP contribution in [0.5, 0.6) is 0 Å². The molecule has 2 aliphatic heterocycles. The molecule has 7 nitrogen and oxygen atoms in total. The standard InChI is InChI=1S/C24H31N3O4S/c1-19-23(28)27(21-9-4-3-5-10-21)18-24(31-19)13-16-26(17-14-24)15-12-20-8-6-7-11-22(20)25-32(2,29)30/h3-11,19,25H,12-18H2,1-2H3. The zero-order chi connectivity index (χ0) is 22.8. The molecule has 32 heavy (non-hydrogen) atoms. The summed E-state index contributed by atoms with van der Waals surface area (Å²) in [6.45, 7) is 5.03. The van der Waals surface area contributed by atoms with Crippen LogP contribution in [0.3, 0.4) is 0 Å². The van der Waals surface area contributed by atoms with E-state index in [-0.39, 0.29) is 11.5 Å². The molecule has 1 amide bonds. The summed E-state index contributed by atoms with van der Waals surface area (Å²) < 4.78 is 32.2. The highest BCUT2D eigenvalue weighted by molar-refractivity contribution is 7.92. The van der Waals surface area contributed by atoms with Crippen molar-refractivity contribution in [2.75, 3.05) is 42.1 Å². The quantitative estimate of drug-likeness (QED) is 0.722. The maximum atomic E-state index is 12.7. The van der Waals surface area contributed by atoms with Crippen molar-refractivity contribution in [3.63, 3.8) is 0 Å². The highest BCUT2D eigenvalue weighted by Gasteiger charge is 2.45. The van der Waals surface area contributed by atoms with Crippen molar-refractivity contribution in [3.05, 3.63) is 60.2 Å². The first-order chi connectivity index (χ1) is 15.2. The van der Waals surface area contributed by atoms with Crippen molar-refractivity contribution < 1.29 is 17.9 Å². The lowest BCUT2D eigenvalue weighted by Crippen LogP contribution is -2.61. The monoisotopic (exact) mass is 457 g/mol. The molecule has 2 aromatic carbocycles. The van der Waals surface area contributed by atoms with E-state index in [0.717, 1.165) is 50.1 Å². The Kier molecular flexibility index (Phi) is 6.55. The zero-order valence-electron chi connectivity index (χ0n) is 18.7. The van der Waals surface area contributed by atoms with E-state index >= 15 is 0 Å². The Balaban J connectivity index is 1.38. The summed E-state index contributed by atoms with van der Waals surface area (Å²) >= 11 is 0. The number of nitrogens with one attached hydrogen (secondary N) is 1. The summed E-state index contributed by atoms with van der Waals surface area (Å²) in [5, 5.41) is 0. The molecule has 0 aromatic heterocycles. The van der Waals surface area contributed by atoms with Crippen molar-refractivity contribution in [1.29, 1.82) is 0 Å². The lowest BCUT2D eigenvalue weighted by molar-refractivity contribution is -0.161. The van der Waals surface area contributed by atoms with Crippen molar-refractivity contribution in [3.8, 4) is 0 Å². The molecule has 2 saturated heterocycles. The van der Waals surface area contributed by atoms with Gasteiger partial charge in [-0.05, 0) is 49.9 Å². The van der Waals surface area contributed by atoms with Crippen LogP contribution in [0.15, 0.2) is 54.6 Å². The fourth-order valence-electron chi connectivity index (χ4n) is 4.65. The van der Waals surface area contributed by atoms with Crippen LogP contribution in [0.25, 0.3) is 0 Å². The maximum Gasteiger partial charge on any atom is 0.255 e. The number of para-hydroxylation sites is 2. The molecule has 8 heteroatoms. The second-order valence-corrected chi connectivity index (χ2v) is 10.6. The number of nitrogens with zero attached hydrogens (tertiary/aromatic N) is 2. The van der Waals surface area contributed by atoms with Crippen LogP contribution in [-0.2, 0) is 26.0 Å². The Bertz CT molecular complexity index is 1050. The predicted octanol–water partition coefficient (Wildman–Crippen LogP) is 2.89. The summed E-state index contributed by atoms with van der Waals surface area (Å²) in [7, 11) is -3.31. The smallest absolute Gasteiger partial charge is 0.255 e. The van der Waals surface area contributed by atoms with Gasteiger partial charge >= 0.3 is 0 Å². The van der Waals surface area contributed by atoms with Gasteiger partial charge in [-0.3, -0.25) is 9.52 Å². The van der Waals surface area contributed by atoms with Crippen LogP contribution in [0.2, 0.25) is 0 Å². The van der Waals surface area contributed by atoms with Gasteiger partial charge in [-0.2, -0.15) is 0 Å². The summed E-state index contributed by atoms with van der Waals surface area (Å²) in [6.07, 6.45) is 3.19. The number of benzene rings is 2. The van der Waals surface area contributed by atoms with Crippen LogP contribution in [0, 0.1) is 0 Å². The predicted molar refractivity (Wildman–Crippen MR) is 126 cm³/mol. The van der Waals surface area contributed by atoms with E-state index in [0.29, 0.717) is 12.2 Å². The lowest BCUT2D eigenvalue weighted by Gasteiger charge is -2.49. The highest BCUT2D eigenvalue weighted by atomic mass is 32.2. The molecule has 0 aliphatic carbocycles. The minimum Gasteiger partial charge on any atom is -0.360 e. The molecule has 2 aliphatic rings. The third-order valence-electron chi connectivity index (χ3n) is 6.33. The van der Waals surface area contributed by atoms with Crippen LogP contribution < -0.4 is 9.62 Å². The van der Waals surface area contributed by atoms with Gasteiger partial charge in [-0.1, -0.05) is 36.4 Å². The Hall–Kier alpha value is -2.42. The van der Waals surface area contributed by atoms with Gasteiger partial charge in [-0.15, -0.1) is 0 Å². The number of sulfonamides is 1. The molecule has 1 N–H and O–H groups in total.